The number of Topliss-reactive ketones (excluding diaryl/α,β-unsaturated/α-hetero) is 1. The summed E-state index contributed by atoms with van der Waals surface area (Å²) in [5.41, 5.74) is 1.46. The summed E-state index contributed by atoms with van der Waals surface area (Å²) in [6, 6.07) is 21.2. The molecule has 5 nitrogen and oxygen atoms in total. The maximum atomic E-state index is 12.9. The van der Waals surface area contributed by atoms with E-state index in [-0.39, 0.29) is 18.1 Å². The van der Waals surface area contributed by atoms with Gasteiger partial charge in [0.1, 0.15) is 10.7 Å². The zero-order chi connectivity index (χ0) is 16.9. The van der Waals surface area contributed by atoms with Crippen molar-refractivity contribution in [3.8, 4) is 0 Å². The summed E-state index contributed by atoms with van der Waals surface area (Å²) in [5, 5.41) is 10.8. The van der Waals surface area contributed by atoms with Crippen molar-refractivity contribution in [2.45, 2.75) is 12.3 Å². The van der Waals surface area contributed by atoms with Gasteiger partial charge in [-0.15, -0.1) is 0 Å². The maximum Gasteiger partial charge on any atom is 0.433 e. The van der Waals surface area contributed by atoms with Crippen molar-refractivity contribution in [1.82, 2.24) is 0 Å². The standard InChI is InChI=1S/C19H15NO4/c21-19(15-9-5-2-6-10-15)17(14-7-3-1-4-8-14)13-16-11-12-18(24-16)20(22)23/h1-12,17H,13H2. The maximum absolute atomic E-state index is 12.9. The third kappa shape index (κ3) is 3.41. The Hall–Kier alpha value is -3.21. The van der Waals surface area contributed by atoms with Crippen LogP contribution in [-0.2, 0) is 6.42 Å². The van der Waals surface area contributed by atoms with E-state index in [9.17, 15) is 14.9 Å². The Bertz CT molecular complexity index is 840. The molecule has 0 aliphatic rings. The van der Waals surface area contributed by atoms with Gasteiger partial charge in [-0.1, -0.05) is 60.7 Å². The van der Waals surface area contributed by atoms with Crippen LogP contribution in [0.3, 0.4) is 0 Å². The van der Waals surface area contributed by atoms with Crippen molar-refractivity contribution >= 4 is 11.7 Å². The van der Waals surface area contributed by atoms with Gasteiger partial charge in [-0.25, -0.2) is 0 Å². The van der Waals surface area contributed by atoms with Gasteiger partial charge >= 0.3 is 5.88 Å². The SMILES string of the molecule is O=C(c1ccccc1)C(Cc1ccc([N+](=O)[O-])o1)c1ccccc1. The normalized spacial score (nSPS) is 11.8. The van der Waals surface area contributed by atoms with E-state index in [2.05, 4.69) is 0 Å². The zero-order valence-electron chi connectivity index (χ0n) is 12.8. The number of rotatable bonds is 6. The molecule has 1 atom stereocenters. The van der Waals surface area contributed by atoms with Gasteiger partial charge in [-0.2, -0.15) is 0 Å². The fourth-order valence-corrected chi connectivity index (χ4v) is 2.63. The van der Waals surface area contributed by atoms with Crippen LogP contribution in [0, 0.1) is 10.1 Å². The molecule has 0 saturated heterocycles. The first-order chi connectivity index (χ1) is 11.6. The van der Waals surface area contributed by atoms with E-state index in [1.165, 1.54) is 6.07 Å². The molecule has 120 valence electrons. The molecule has 5 heteroatoms. The molecular formula is C19H15NO4. The molecule has 3 aromatic rings. The second-order valence-corrected chi connectivity index (χ2v) is 5.39. The van der Waals surface area contributed by atoms with Gasteiger partial charge < -0.3 is 4.42 Å². The number of ketones is 1. The highest BCUT2D eigenvalue weighted by molar-refractivity contribution is 6.01. The molecule has 0 saturated carbocycles. The van der Waals surface area contributed by atoms with Crippen LogP contribution in [0.5, 0.6) is 0 Å². The van der Waals surface area contributed by atoms with Crippen molar-refractivity contribution in [3.05, 3.63) is 99.8 Å². The van der Waals surface area contributed by atoms with Crippen LogP contribution in [-0.4, -0.2) is 10.7 Å². The average Bonchev–Trinajstić information content (AvgIpc) is 3.10. The first kappa shape index (κ1) is 15.7. The molecule has 0 N–H and O–H groups in total. The lowest BCUT2D eigenvalue weighted by Gasteiger charge is -2.15. The second-order valence-electron chi connectivity index (χ2n) is 5.39. The minimum Gasteiger partial charge on any atom is -0.406 e. The number of benzene rings is 2. The summed E-state index contributed by atoms with van der Waals surface area (Å²) < 4.78 is 5.23. The van der Waals surface area contributed by atoms with Crippen molar-refractivity contribution in [1.29, 1.82) is 0 Å². The molecule has 0 aliphatic carbocycles. The molecule has 0 aliphatic heterocycles. The molecule has 0 amide bonds. The van der Waals surface area contributed by atoms with E-state index in [0.717, 1.165) is 5.56 Å². The second kappa shape index (κ2) is 6.91. The molecule has 2 aromatic carbocycles. The molecule has 3 rings (SSSR count). The van der Waals surface area contributed by atoms with Gasteiger partial charge in [-0.05, 0) is 11.6 Å². The van der Waals surface area contributed by atoms with Crippen LogP contribution < -0.4 is 0 Å². The number of hydrogen-bond donors (Lipinski definition) is 0. The van der Waals surface area contributed by atoms with E-state index in [0.29, 0.717) is 11.3 Å². The highest BCUT2D eigenvalue weighted by Gasteiger charge is 2.24. The van der Waals surface area contributed by atoms with Crippen LogP contribution in [0.15, 0.2) is 77.2 Å². The average molecular weight is 321 g/mol. The smallest absolute Gasteiger partial charge is 0.406 e. The Labute approximate surface area is 138 Å². The van der Waals surface area contributed by atoms with Crippen LogP contribution in [0.4, 0.5) is 5.88 Å². The van der Waals surface area contributed by atoms with Crippen LogP contribution >= 0.6 is 0 Å². The van der Waals surface area contributed by atoms with Crippen LogP contribution in [0.1, 0.15) is 27.6 Å². The number of carbonyl (C=O) groups excluding carboxylic acids is 1. The number of carbonyl (C=O) groups is 1. The number of nitrogens with zero attached hydrogens (tertiary/aromatic N) is 1. The van der Waals surface area contributed by atoms with E-state index in [1.54, 1.807) is 18.2 Å². The van der Waals surface area contributed by atoms with Crippen LogP contribution in [0.25, 0.3) is 0 Å². The summed E-state index contributed by atoms with van der Waals surface area (Å²) in [6.07, 6.45) is 0.269. The molecule has 0 spiro atoms. The molecular weight excluding hydrogens is 306 g/mol. The van der Waals surface area contributed by atoms with Gasteiger partial charge in [0.25, 0.3) is 0 Å². The Morgan fingerprint density at radius 2 is 1.58 bits per heavy atom. The summed E-state index contributed by atoms with van der Waals surface area (Å²) in [4.78, 5) is 23.1. The highest BCUT2D eigenvalue weighted by Crippen LogP contribution is 2.27. The number of furan rings is 1. The monoisotopic (exact) mass is 321 g/mol. The number of hydrogen-bond acceptors (Lipinski definition) is 4. The van der Waals surface area contributed by atoms with Gasteiger partial charge in [0.2, 0.25) is 0 Å². The molecule has 0 bridgehead atoms. The predicted octanol–water partition coefficient (Wildman–Crippen LogP) is 4.40. The van der Waals surface area contributed by atoms with E-state index < -0.39 is 10.8 Å². The Morgan fingerprint density at radius 3 is 2.17 bits per heavy atom. The topological polar surface area (TPSA) is 73.3 Å². The van der Waals surface area contributed by atoms with Gasteiger partial charge in [0.15, 0.2) is 5.78 Å². The molecule has 24 heavy (non-hydrogen) atoms. The van der Waals surface area contributed by atoms with Crippen molar-refractivity contribution in [2.24, 2.45) is 0 Å². The lowest BCUT2D eigenvalue weighted by Crippen LogP contribution is -2.15. The molecule has 0 fully saturated rings. The first-order valence-corrected chi connectivity index (χ1v) is 7.52. The summed E-state index contributed by atoms with van der Waals surface area (Å²) in [5.74, 6) is -0.399. The third-order valence-corrected chi connectivity index (χ3v) is 3.81. The number of nitro groups is 1. The van der Waals surface area contributed by atoms with Crippen molar-refractivity contribution < 1.29 is 14.1 Å². The van der Waals surface area contributed by atoms with Gasteiger partial charge in [-0.3, -0.25) is 14.9 Å². The minimum absolute atomic E-state index is 0.0409. The molecule has 1 aromatic heterocycles. The van der Waals surface area contributed by atoms with E-state index in [1.807, 2.05) is 48.5 Å². The Kier molecular flexibility index (Phi) is 4.52. The molecule has 0 radical (unpaired) electrons. The Morgan fingerprint density at radius 1 is 0.958 bits per heavy atom. The van der Waals surface area contributed by atoms with E-state index >= 15 is 0 Å². The highest BCUT2D eigenvalue weighted by atomic mass is 16.6. The van der Waals surface area contributed by atoms with Crippen LogP contribution in [0.2, 0.25) is 0 Å². The quantitative estimate of drug-likeness (QED) is 0.383. The molecule has 1 heterocycles. The van der Waals surface area contributed by atoms with Gasteiger partial charge in [0, 0.05) is 12.0 Å². The van der Waals surface area contributed by atoms with Crippen molar-refractivity contribution in [3.63, 3.8) is 0 Å². The summed E-state index contributed by atoms with van der Waals surface area (Å²) >= 11 is 0. The first-order valence-electron chi connectivity index (χ1n) is 7.52. The minimum atomic E-state index is -0.583. The lowest BCUT2D eigenvalue weighted by atomic mass is 9.87. The summed E-state index contributed by atoms with van der Waals surface area (Å²) in [6.45, 7) is 0. The summed E-state index contributed by atoms with van der Waals surface area (Å²) in [7, 11) is 0. The lowest BCUT2D eigenvalue weighted by molar-refractivity contribution is -0.402. The predicted molar refractivity (Wildman–Crippen MR) is 89.0 cm³/mol. The Balaban J connectivity index is 1.93. The fourth-order valence-electron chi connectivity index (χ4n) is 2.63. The van der Waals surface area contributed by atoms with Crippen molar-refractivity contribution in [2.75, 3.05) is 0 Å². The largest absolute Gasteiger partial charge is 0.433 e. The molecule has 1 unspecified atom stereocenters. The van der Waals surface area contributed by atoms with Gasteiger partial charge in [0.05, 0.1) is 12.0 Å². The third-order valence-electron chi connectivity index (χ3n) is 3.81. The zero-order valence-corrected chi connectivity index (χ0v) is 12.8. The fraction of sp³-hybridized carbons (Fsp3) is 0.105. The van der Waals surface area contributed by atoms with E-state index in [4.69, 9.17) is 4.42 Å².